The summed E-state index contributed by atoms with van der Waals surface area (Å²) in [6.45, 7) is 4.61. The molecule has 0 unspecified atom stereocenters. The number of anilines is 1. The molecule has 1 N–H and O–H groups in total. The number of hydrogen-bond acceptors (Lipinski definition) is 4. The Bertz CT molecular complexity index is 1450. The van der Waals surface area contributed by atoms with Crippen molar-refractivity contribution in [2.75, 3.05) is 10.8 Å². The number of nitrogens with one attached hydrogen (secondary N) is 1. The molecule has 0 radical (unpaired) electrons. The monoisotopic (exact) mass is 643 g/mol. The van der Waals surface area contributed by atoms with Crippen molar-refractivity contribution in [1.29, 1.82) is 0 Å². The SMILES string of the molecule is CC[C@@H](C(=O)NC(C)C)N(Cc1c(Cl)cccc1Cl)C(=O)CN(c1ccc(Cl)c(Cl)c1)S(=O)(=O)c1ccccc1. The molecule has 0 aliphatic rings. The standard InChI is InChI=1S/C28H29Cl4N3O4S/c1-4-26(28(37)33-18(2)3)34(16-21-22(29)11-8-12-23(21)30)27(36)17-35(19-13-14-24(31)25(32)15-19)40(38,39)20-9-6-5-7-10-20/h5-15,18,26H,4,16-17H2,1-3H3,(H,33,37)/t26-/m0/s1. The second-order valence-corrected chi connectivity index (χ2v) is 12.7. The molecular formula is C28H29Cl4N3O4S. The van der Waals surface area contributed by atoms with Crippen molar-refractivity contribution in [3.8, 4) is 0 Å². The number of sulfonamides is 1. The van der Waals surface area contributed by atoms with E-state index in [1.807, 2.05) is 0 Å². The van der Waals surface area contributed by atoms with Crippen LogP contribution in [0.1, 0.15) is 32.8 Å². The van der Waals surface area contributed by atoms with E-state index in [-0.39, 0.29) is 45.5 Å². The van der Waals surface area contributed by atoms with E-state index in [1.165, 1.54) is 35.2 Å². The average molecular weight is 645 g/mol. The molecule has 3 rings (SSSR count). The summed E-state index contributed by atoms with van der Waals surface area (Å²) in [5.74, 6) is -1.03. The summed E-state index contributed by atoms with van der Waals surface area (Å²) in [6, 6.07) is 15.8. The lowest BCUT2D eigenvalue weighted by Gasteiger charge is -2.34. The Morgan fingerprint density at radius 3 is 2.02 bits per heavy atom. The maximum Gasteiger partial charge on any atom is 0.264 e. The predicted octanol–water partition coefficient (Wildman–Crippen LogP) is 6.83. The largest absolute Gasteiger partial charge is 0.352 e. The summed E-state index contributed by atoms with van der Waals surface area (Å²) in [5, 5.41) is 3.79. The zero-order valence-corrected chi connectivity index (χ0v) is 25.9. The molecule has 3 aromatic rings. The summed E-state index contributed by atoms with van der Waals surface area (Å²) < 4.78 is 28.6. The molecule has 1 atom stereocenters. The van der Waals surface area contributed by atoms with Crippen molar-refractivity contribution in [3.63, 3.8) is 0 Å². The number of amides is 2. The summed E-state index contributed by atoms with van der Waals surface area (Å²) in [5.41, 5.74) is 0.559. The van der Waals surface area contributed by atoms with Gasteiger partial charge in [-0.1, -0.05) is 77.6 Å². The van der Waals surface area contributed by atoms with Crippen molar-refractivity contribution in [1.82, 2.24) is 10.2 Å². The number of carbonyl (C=O) groups excluding carboxylic acids is 2. The molecule has 0 saturated carbocycles. The Balaban J connectivity index is 2.12. The number of rotatable bonds is 11. The van der Waals surface area contributed by atoms with E-state index in [0.29, 0.717) is 15.6 Å². The second-order valence-electron chi connectivity index (χ2n) is 9.23. The van der Waals surface area contributed by atoms with Gasteiger partial charge in [0.25, 0.3) is 10.0 Å². The van der Waals surface area contributed by atoms with Crippen molar-refractivity contribution in [3.05, 3.63) is 92.4 Å². The van der Waals surface area contributed by atoms with E-state index in [0.717, 1.165) is 4.31 Å². The van der Waals surface area contributed by atoms with Gasteiger partial charge >= 0.3 is 0 Å². The molecule has 3 aromatic carbocycles. The first-order valence-electron chi connectivity index (χ1n) is 12.4. The fraction of sp³-hybridized carbons (Fsp3) is 0.286. The molecule has 12 heteroatoms. The van der Waals surface area contributed by atoms with Gasteiger partial charge in [-0.3, -0.25) is 13.9 Å². The van der Waals surface area contributed by atoms with E-state index in [2.05, 4.69) is 5.32 Å². The summed E-state index contributed by atoms with van der Waals surface area (Å²) in [6.07, 6.45) is 0.255. The molecule has 0 spiro atoms. The highest BCUT2D eigenvalue weighted by Crippen LogP contribution is 2.32. The topological polar surface area (TPSA) is 86.8 Å². The highest BCUT2D eigenvalue weighted by molar-refractivity contribution is 7.92. The first-order valence-corrected chi connectivity index (χ1v) is 15.4. The highest BCUT2D eigenvalue weighted by Gasteiger charge is 2.34. The zero-order valence-electron chi connectivity index (χ0n) is 22.1. The van der Waals surface area contributed by atoms with Crippen molar-refractivity contribution in [2.24, 2.45) is 0 Å². The molecular weight excluding hydrogens is 616 g/mol. The summed E-state index contributed by atoms with van der Waals surface area (Å²) in [4.78, 5) is 28.6. The van der Waals surface area contributed by atoms with Gasteiger partial charge in [0.2, 0.25) is 11.8 Å². The number of benzene rings is 3. The third-order valence-electron chi connectivity index (χ3n) is 6.01. The lowest BCUT2D eigenvalue weighted by atomic mass is 10.1. The lowest BCUT2D eigenvalue weighted by Crippen LogP contribution is -2.53. The Morgan fingerprint density at radius 2 is 1.48 bits per heavy atom. The van der Waals surface area contributed by atoms with Crippen LogP contribution in [0.2, 0.25) is 20.1 Å². The van der Waals surface area contributed by atoms with Crippen LogP contribution in [0.3, 0.4) is 0 Å². The van der Waals surface area contributed by atoms with Crippen molar-refractivity contribution >= 4 is 73.9 Å². The van der Waals surface area contributed by atoms with Gasteiger partial charge in [-0.25, -0.2) is 8.42 Å². The minimum atomic E-state index is -4.24. The van der Waals surface area contributed by atoms with Gasteiger partial charge in [-0.05, 0) is 62.7 Å². The van der Waals surface area contributed by atoms with Gasteiger partial charge in [-0.2, -0.15) is 0 Å². The first kappa shape index (κ1) is 32.0. The molecule has 0 aliphatic heterocycles. The van der Waals surface area contributed by atoms with E-state index in [9.17, 15) is 18.0 Å². The van der Waals surface area contributed by atoms with Crippen LogP contribution in [0, 0.1) is 0 Å². The maximum atomic E-state index is 14.1. The molecule has 0 bridgehead atoms. The third-order valence-corrected chi connectivity index (χ3v) is 9.24. The van der Waals surface area contributed by atoms with E-state index >= 15 is 0 Å². The first-order chi connectivity index (χ1) is 18.9. The van der Waals surface area contributed by atoms with E-state index in [4.69, 9.17) is 46.4 Å². The molecule has 0 aliphatic carbocycles. The Morgan fingerprint density at radius 1 is 0.850 bits per heavy atom. The van der Waals surface area contributed by atoms with Crippen LogP contribution < -0.4 is 9.62 Å². The van der Waals surface area contributed by atoms with Crippen LogP contribution in [-0.2, 0) is 26.2 Å². The molecule has 0 heterocycles. The van der Waals surface area contributed by atoms with Crippen LogP contribution in [0.25, 0.3) is 0 Å². The second kappa shape index (κ2) is 13.9. The predicted molar refractivity (Wildman–Crippen MR) is 162 cm³/mol. The Labute approximate surface area is 255 Å². The molecule has 0 aromatic heterocycles. The van der Waals surface area contributed by atoms with Crippen LogP contribution in [0.5, 0.6) is 0 Å². The number of hydrogen-bond donors (Lipinski definition) is 1. The Hall–Kier alpha value is -2.49. The molecule has 40 heavy (non-hydrogen) atoms. The molecule has 2 amide bonds. The van der Waals surface area contributed by atoms with Gasteiger partial charge in [-0.15, -0.1) is 0 Å². The van der Waals surface area contributed by atoms with Gasteiger partial charge in [0.1, 0.15) is 12.6 Å². The molecule has 0 saturated heterocycles. The Kier molecular flexibility index (Phi) is 11.1. The molecule has 214 valence electrons. The summed E-state index contributed by atoms with van der Waals surface area (Å²) in [7, 11) is -4.24. The fourth-order valence-electron chi connectivity index (χ4n) is 4.04. The van der Waals surface area contributed by atoms with E-state index < -0.39 is 28.5 Å². The van der Waals surface area contributed by atoms with Crippen molar-refractivity contribution in [2.45, 2.75) is 50.7 Å². The quantitative estimate of drug-likeness (QED) is 0.248. The molecule has 0 fully saturated rings. The normalized spacial score (nSPS) is 12.2. The van der Waals surface area contributed by atoms with Crippen LogP contribution >= 0.6 is 46.4 Å². The smallest absolute Gasteiger partial charge is 0.264 e. The number of halogens is 4. The maximum absolute atomic E-state index is 14.1. The van der Waals surface area contributed by atoms with Crippen LogP contribution in [0.4, 0.5) is 5.69 Å². The average Bonchev–Trinajstić information content (AvgIpc) is 2.90. The number of carbonyl (C=O) groups is 2. The van der Waals surface area contributed by atoms with Crippen LogP contribution in [-0.4, -0.2) is 43.8 Å². The van der Waals surface area contributed by atoms with E-state index in [1.54, 1.807) is 57.2 Å². The van der Waals surface area contributed by atoms with Gasteiger partial charge in [0, 0.05) is 28.2 Å². The fourth-order valence-corrected chi connectivity index (χ4v) is 6.28. The minimum Gasteiger partial charge on any atom is -0.352 e. The van der Waals surface area contributed by atoms with Gasteiger partial charge < -0.3 is 10.2 Å². The summed E-state index contributed by atoms with van der Waals surface area (Å²) >= 11 is 25.2. The van der Waals surface area contributed by atoms with Crippen molar-refractivity contribution < 1.29 is 18.0 Å². The molecule has 7 nitrogen and oxygen atoms in total. The van der Waals surface area contributed by atoms with Gasteiger partial charge in [0.05, 0.1) is 20.6 Å². The minimum absolute atomic E-state index is 0.0286. The lowest BCUT2D eigenvalue weighted by molar-refractivity contribution is -0.140. The third kappa shape index (κ3) is 7.62. The zero-order chi connectivity index (χ0) is 29.6. The highest BCUT2D eigenvalue weighted by atomic mass is 35.5. The van der Waals surface area contributed by atoms with Crippen LogP contribution in [0.15, 0.2) is 71.6 Å². The van der Waals surface area contributed by atoms with Gasteiger partial charge in [0.15, 0.2) is 0 Å². The number of nitrogens with zero attached hydrogens (tertiary/aromatic N) is 2.